The molecule has 4 rings (SSSR count). The van der Waals surface area contributed by atoms with Crippen LogP contribution in [-0.4, -0.2) is 76.2 Å². The lowest BCUT2D eigenvalue weighted by molar-refractivity contribution is -0.143. The third-order valence-corrected chi connectivity index (χ3v) is 5.29. The summed E-state index contributed by atoms with van der Waals surface area (Å²) in [6, 6.07) is 10.7. The lowest BCUT2D eigenvalue weighted by Crippen LogP contribution is -2.63. The molecule has 2 aliphatic heterocycles. The van der Waals surface area contributed by atoms with Crippen molar-refractivity contribution < 1.29 is 4.79 Å². The zero-order valence-electron chi connectivity index (χ0n) is 14.7. The van der Waals surface area contributed by atoms with Crippen LogP contribution in [0.25, 0.3) is 0 Å². The van der Waals surface area contributed by atoms with E-state index in [4.69, 9.17) is 0 Å². The Labute approximate surface area is 148 Å². The number of benzene rings is 1. The van der Waals surface area contributed by atoms with Crippen molar-refractivity contribution in [1.82, 2.24) is 24.5 Å². The Bertz CT molecular complexity index is 712. The number of carbonyl (C=O) groups excluding carboxylic acids is 1. The first kappa shape index (κ1) is 16.3. The molecule has 1 aromatic carbocycles. The molecule has 1 amide bonds. The summed E-state index contributed by atoms with van der Waals surface area (Å²) in [6.07, 6.45) is 3.78. The van der Waals surface area contributed by atoms with Crippen molar-refractivity contribution in [3.8, 4) is 0 Å². The van der Waals surface area contributed by atoms with Crippen LogP contribution in [-0.2, 0) is 17.9 Å². The average Bonchev–Trinajstić information content (AvgIpc) is 3.13. The fourth-order valence-corrected chi connectivity index (χ4v) is 3.75. The quantitative estimate of drug-likeness (QED) is 0.830. The van der Waals surface area contributed by atoms with Crippen molar-refractivity contribution in [3.05, 3.63) is 53.9 Å². The van der Waals surface area contributed by atoms with Gasteiger partial charge in [0.15, 0.2) is 0 Å². The van der Waals surface area contributed by atoms with Gasteiger partial charge in [-0.05, 0) is 17.2 Å². The van der Waals surface area contributed by atoms with E-state index in [1.807, 2.05) is 28.9 Å². The van der Waals surface area contributed by atoms with E-state index >= 15 is 0 Å². The van der Waals surface area contributed by atoms with Crippen LogP contribution in [0.5, 0.6) is 0 Å². The van der Waals surface area contributed by atoms with E-state index in [0.717, 1.165) is 45.8 Å². The van der Waals surface area contributed by atoms with E-state index in [-0.39, 0.29) is 11.9 Å². The number of nitrogens with zero attached hydrogens (tertiary/aromatic N) is 5. The third kappa shape index (κ3) is 3.60. The molecule has 25 heavy (non-hydrogen) atoms. The number of hydrogen-bond donors (Lipinski definition) is 0. The summed E-state index contributed by atoms with van der Waals surface area (Å²) >= 11 is 0. The van der Waals surface area contributed by atoms with Crippen molar-refractivity contribution in [3.63, 3.8) is 0 Å². The second kappa shape index (κ2) is 6.98. The minimum atomic E-state index is 0.0339. The first-order valence-electron chi connectivity index (χ1n) is 8.96. The fourth-order valence-electron chi connectivity index (χ4n) is 3.75. The summed E-state index contributed by atoms with van der Waals surface area (Å²) in [4.78, 5) is 19.0. The monoisotopic (exact) mass is 339 g/mol. The molecule has 132 valence electrons. The van der Waals surface area contributed by atoms with Gasteiger partial charge in [-0.3, -0.25) is 19.3 Å². The predicted molar refractivity (Wildman–Crippen MR) is 96.0 cm³/mol. The summed E-state index contributed by atoms with van der Waals surface area (Å²) < 4.78 is 1.93. The van der Waals surface area contributed by atoms with Crippen LogP contribution in [0.3, 0.4) is 0 Å². The molecule has 0 aliphatic carbocycles. The normalized spacial score (nSPS) is 22.2. The second-order valence-electron chi connectivity index (χ2n) is 7.07. The maximum atomic E-state index is 12.4. The molecule has 1 atom stereocenters. The molecule has 0 spiro atoms. The molecule has 0 radical (unpaired) electrons. The highest BCUT2D eigenvalue weighted by Gasteiger charge is 2.36. The summed E-state index contributed by atoms with van der Waals surface area (Å²) in [6.45, 7) is 6.41. The van der Waals surface area contributed by atoms with Crippen LogP contribution in [0.2, 0.25) is 0 Å². The number of amides is 1. The Morgan fingerprint density at radius 2 is 1.76 bits per heavy atom. The first-order chi connectivity index (χ1) is 12.2. The van der Waals surface area contributed by atoms with Gasteiger partial charge in [0.1, 0.15) is 6.04 Å². The molecule has 6 heteroatoms. The zero-order valence-corrected chi connectivity index (χ0v) is 14.7. The molecular weight excluding hydrogens is 314 g/mol. The summed E-state index contributed by atoms with van der Waals surface area (Å²) in [7, 11) is 1.91. The number of likely N-dealkylation sites (N-methyl/N-ethyl adjacent to an activating group) is 1. The smallest absolute Gasteiger partial charge is 0.241 e. The summed E-state index contributed by atoms with van der Waals surface area (Å²) in [5.41, 5.74) is 2.55. The highest BCUT2D eigenvalue weighted by Crippen LogP contribution is 2.18. The van der Waals surface area contributed by atoms with Crippen LogP contribution >= 0.6 is 0 Å². The maximum absolute atomic E-state index is 12.4. The van der Waals surface area contributed by atoms with Gasteiger partial charge in [-0.15, -0.1) is 0 Å². The maximum Gasteiger partial charge on any atom is 0.241 e. The minimum absolute atomic E-state index is 0.0339. The van der Waals surface area contributed by atoms with E-state index in [1.54, 1.807) is 6.20 Å². The molecule has 3 heterocycles. The summed E-state index contributed by atoms with van der Waals surface area (Å²) in [5.74, 6) is 0.269. The lowest BCUT2D eigenvalue weighted by atomic mass is 10.1. The van der Waals surface area contributed by atoms with Crippen molar-refractivity contribution in [2.24, 2.45) is 0 Å². The van der Waals surface area contributed by atoms with Crippen LogP contribution in [0.1, 0.15) is 11.1 Å². The van der Waals surface area contributed by atoms with Crippen molar-refractivity contribution >= 4 is 5.91 Å². The van der Waals surface area contributed by atoms with Gasteiger partial charge in [-0.2, -0.15) is 5.10 Å². The number of rotatable bonds is 4. The number of aromatic nitrogens is 2. The molecule has 0 unspecified atom stereocenters. The van der Waals surface area contributed by atoms with E-state index in [9.17, 15) is 4.79 Å². The Balaban J connectivity index is 1.36. The zero-order chi connectivity index (χ0) is 17.2. The van der Waals surface area contributed by atoms with Gasteiger partial charge in [0.2, 0.25) is 5.91 Å². The molecule has 2 saturated heterocycles. The Hall–Kier alpha value is -2.18. The second-order valence-corrected chi connectivity index (χ2v) is 7.07. The molecular formula is C19H25N5O. The van der Waals surface area contributed by atoms with Crippen molar-refractivity contribution in [1.29, 1.82) is 0 Å². The first-order valence-corrected chi connectivity index (χ1v) is 8.96. The van der Waals surface area contributed by atoms with Gasteiger partial charge in [-0.25, -0.2) is 0 Å². The molecule has 2 fully saturated rings. The van der Waals surface area contributed by atoms with Crippen LogP contribution in [0.15, 0.2) is 42.7 Å². The lowest BCUT2D eigenvalue weighted by Gasteiger charge is -2.45. The van der Waals surface area contributed by atoms with Gasteiger partial charge in [0, 0.05) is 58.7 Å². The van der Waals surface area contributed by atoms with Gasteiger partial charge < -0.3 is 4.90 Å². The largest absolute Gasteiger partial charge is 0.343 e. The van der Waals surface area contributed by atoms with Gasteiger partial charge in [-0.1, -0.05) is 24.3 Å². The Morgan fingerprint density at radius 1 is 1.04 bits per heavy atom. The van der Waals surface area contributed by atoms with Crippen molar-refractivity contribution in [2.75, 3.05) is 39.8 Å². The van der Waals surface area contributed by atoms with E-state index in [1.165, 1.54) is 11.1 Å². The highest BCUT2D eigenvalue weighted by molar-refractivity contribution is 5.82. The average molecular weight is 339 g/mol. The van der Waals surface area contributed by atoms with Crippen LogP contribution in [0, 0.1) is 0 Å². The van der Waals surface area contributed by atoms with E-state index in [2.05, 4.69) is 39.2 Å². The third-order valence-electron chi connectivity index (χ3n) is 5.29. The standard InChI is InChI=1S/C19H25N5O/c1-21-9-11-23-12-10-22(15-18(23)19(21)25)13-16-3-5-17(6-4-16)14-24-8-2-7-20-24/h2-8,18H,9-15H2,1H3/t18-/m0/s1. The van der Waals surface area contributed by atoms with Gasteiger partial charge in [0.05, 0.1) is 6.54 Å². The SMILES string of the molecule is CN1CCN2CCN(Cc3ccc(Cn4cccn4)cc3)C[C@H]2C1=O. The summed E-state index contributed by atoms with van der Waals surface area (Å²) in [5, 5.41) is 4.25. The van der Waals surface area contributed by atoms with Crippen LogP contribution < -0.4 is 0 Å². The fraction of sp³-hybridized carbons (Fsp3) is 0.474. The van der Waals surface area contributed by atoms with E-state index < -0.39 is 0 Å². The number of fused-ring (bicyclic) bond motifs is 1. The highest BCUT2D eigenvalue weighted by atomic mass is 16.2. The molecule has 2 aromatic rings. The van der Waals surface area contributed by atoms with Gasteiger partial charge >= 0.3 is 0 Å². The molecule has 0 saturated carbocycles. The number of piperazine rings is 2. The molecule has 6 nitrogen and oxygen atoms in total. The van der Waals surface area contributed by atoms with Crippen LogP contribution in [0.4, 0.5) is 0 Å². The van der Waals surface area contributed by atoms with E-state index in [0.29, 0.717) is 0 Å². The molecule has 2 aliphatic rings. The van der Waals surface area contributed by atoms with Crippen molar-refractivity contribution in [2.45, 2.75) is 19.1 Å². The molecule has 0 N–H and O–H groups in total. The predicted octanol–water partition coefficient (Wildman–Crippen LogP) is 0.890. The minimum Gasteiger partial charge on any atom is -0.343 e. The Morgan fingerprint density at radius 3 is 2.48 bits per heavy atom. The van der Waals surface area contributed by atoms with Gasteiger partial charge in [0.25, 0.3) is 0 Å². The topological polar surface area (TPSA) is 44.6 Å². The molecule has 0 bridgehead atoms. The molecule has 1 aromatic heterocycles. The Kier molecular flexibility index (Phi) is 4.55. The number of carbonyl (C=O) groups is 1. The number of hydrogen-bond acceptors (Lipinski definition) is 4.